The molecule has 1 aliphatic rings. The summed E-state index contributed by atoms with van der Waals surface area (Å²) in [5.41, 5.74) is 0.717. The molecule has 1 aromatic carbocycles. The van der Waals surface area contributed by atoms with Gasteiger partial charge in [0.1, 0.15) is 0 Å². The van der Waals surface area contributed by atoms with E-state index in [-0.39, 0.29) is 0 Å². The van der Waals surface area contributed by atoms with Crippen LogP contribution in [0, 0.1) is 5.92 Å². The first-order chi connectivity index (χ1) is 10.7. The Labute approximate surface area is 140 Å². The fraction of sp³-hybridized carbons (Fsp3) is 0.500. The molecule has 2 aromatic rings. The van der Waals surface area contributed by atoms with E-state index >= 15 is 0 Å². The summed E-state index contributed by atoms with van der Waals surface area (Å²) in [7, 11) is 0. The minimum atomic E-state index is 0.444. The number of halogens is 2. The van der Waals surface area contributed by atoms with Gasteiger partial charge in [0, 0.05) is 11.6 Å². The Bertz CT molecular complexity index is 640. The minimum absolute atomic E-state index is 0.444. The van der Waals surface area contributed by atoms with Gasteiger partial charge in [0.2, 0.25) is 11.8 Å². The van der Waals surface area contributed by atoms with Crippen LogP contribution in [0.25, 0.3) is 11.5 Å². The third kappa shape index (κ3) is 4.00. The molecule has 0 bridgehead atoms. The van der Waals surface area contributed by atoms with Crippen LogP contribution in [0.15, 0.2) is 22.6 Å². The van der Waals surface area contributed by atoms with E-state index in [0.717, 1.165) is 25.4 Å². The molecule has 0 radical (unpaired) electrons. The number of aromatic nitrogens is 2. The molecule has 1 saturated carbocycles. The Balaban J connectivity index is 1.71. The van der Waals surface area contributed by atoms with Crippen LogP contribution in [0.1, 0.15) is 32.1 Å². The van der Waals surface area contributed by atoms with Crippen LogP contribution in [-0.2, 0) is 6.54 Å². The van der Waals surface area contributed by atoms with Gasteiger partial charge in [0.15, 0.2) is 0 Å². The smallest absolute Gasteiger partial charge is 0.249 e. The Morgan fingerprint density at radius 1 is 1.27 bits per heavy atom. The van der Waals surface area contributed by atoms with Gasteiger partial charge in [-0.25, -0.2) is 0 Å². The van der Waals surface area contributed by atoms with Gasteiger partial charge >= 0.3 is 0 Å². The van der Waals surface area contributed by atoms with Crippen LogP contribution in [0.3, 0.4) is 0 Å². The first-order valence-corrected chi connectivity index (χ1v) is 8.41. The summed E-state index contributed by atoms with van der Waals surface area (Å²) in [6, 6.07) is 5.25. The quantitative estimate of drug-likeness (QED) is 0.735. The summed E-state index contributed by atoms with van der Waals surface area (Å²) in [5, 5.41) is 9.38. The van der Waals surface area contributed by atoms with Crippen molar-refractivity contribution in [3.8, 4) is 11.5 Å². The molecule has 3 rings (SSSR count). The molecule has 0 aliphatic heterocycles. The Kier molecular flexibility index (Phi) is 5.01. The molecule has 0 unspecified atom stereocenters. The molecule has 6 heteroatoms. The monoisotopic (exact) mass is 339 g/mol. The van der Waals surface area contributed by atoms with Gasteiger partial charge in [-0.1, -0.05) is 30.1 Å². The van der Waals surface area contributed by atoms with Crippen molar-refractivity contribution in [2.75, 3.05) is 13.1 Å². The van der Waals surface area contributed by atoms with Crippen molar-refractivity contribution in [3.63, 3.8) is 0 Å². The molecule has 0 amide bonds. The molecule has 118 valence electrons. The van der Waals surface area contributed by atoms with Gasteiger partial charge in [0.25, 0.3) is 0 Å². The molecule has 1 aliphatic carbocycles. The van der Waals surface area contributed by atoms with E-state index in [4.69, 9.17) is 27.6 Å². The lowest BCUT2D eigenvalue weighted by molar-refractivity contribution is 0.231. The topological polar surface area (TPSA) is 42.2 Å². The number of benzene rings is 1. The third-order valence-electron chi connectivity index (χ3n) is 3.74. The number of rotatable bonds is 7. The maximum absolute atomic E-state index is 6.18. The second kappa shape index (κ2) is 6.99. The predicted molar refractivity (Wildman–Crippen MR) is 88.0 cm³/mol. The van der Waals surface area contributed by atoms with E-state index in [1.54, 1.807) is 18.2 Å². The van der Waals surface area contributed by atoms with Gasteiger partial charge in [-0.3, -0.25) is 4.90 Å². The molecule has 4 nitrogen and oxygen atoms in total. The maximum Gasteiger partial charge on any atom is 0.249 e. The summed E-state index contributed by atoms with van der Waals surface area (Å²) >= 11 is 12.1. The van der Waals surface area contributed by atoms with E-state index in [1.165, 1.54) is 12.8 Å². The van der Waals surface area contributed by atoms with Crippen LogP contribution in [0.2, 0.25) is 10.0 Å². The second-order valence-corrected chi connectivity index (χ2v) is 6.65. The van der Waals surface area contributed by atoms with Crippen molar-refractivity contribution in [1.29, 1.82) is 0 Å². The Hall–Kier alpha value is -1.10. The highest BCUT2D eigenvalue weighted by molar-refractivity contribution is 6.36. The molecular formula is C16H19Cl2N3O. The van der Waals surface area contributed by atoms with Gasteiger partial charge in [-0.05, 0) is 49.9 Å². The van der Waals surface area contributed by atoms with Crippen molar-refractivity contribution in [3.05, 3.63) is 34.1 Å². The van der Waals surface area contributed by atoms with Crippen molar-refractivity contribution in [2.24, 2.45) is 5.92 Å². The van der Waals surface area contributed by atoms with Gasteiger partial charge in [-0.2, -0.15) is 0 Å². The summed E-state index contributed by atoms with van der Waals surface area (Å²) in [4.78, 5) is 2.39. The molecular weight excluding hydrogens is 321 g/mol. The second-order valence-electron chi connectivity index (χ2n) is 5.80. The SMILES string of the molecule is CCCN(Cc1nnc(-c2ccc(Cl)cc2Cl)o1)CC1CC1. The average molecular weight is 340 g/mol. The van der Waals surface area contributed by atoms with Crippen molar-refractivity contribution in [1.82, 2.24) is 15.1 Å². The van der Waals surface area contributed by atoms with Crippen LogP contribution in [0.4, 0.5) is 0 Å². The lowest BCUT2D eigenvalue weighted by atomic mass is 10.2. The predicted octanol–water partition coefficient (Wildman–Crippen LogP) is 4.67. The van der Waals surface area contributed by atoms with Crippen LogP contribution in [-0.4, -0.2) is 28.2 Å². The zero-order valence-corrected chi connectivity index (χ0v) is 14.1. The standard InChI is InChI=1S/C16H19Cl2N3O/c1-2-7-21(9-11-3-4-11)10-15-19-20-16(22-15)13-6-5-12(17)8-14(13)18/h5-6,8,11H,2-4,7,9-10H2,1H3. The van der Waals surface area contributed by atoms with E-state index in [0.29, 0.717) is 33.9 Å². The summed E-state index contributed by atoms with van der Waals surface area (Å²) in [6.45, 7) is 5.05. The van der Waals surface area contributed by atoms with Crippen LogP contribution in [0.5, 0.6) is 0 Å². The molecule has 1 heterocycles. The lowest BCUT2D eigenvalue weighted by Crippen LogP contribution is -2.26. The first kappa shape index (κ1) is 15.8. The fourth-order valence-electron chi connectivity index (χ4n) is 2.50. The van der Waals surface area contributed by atoms with E-state index < -0.39 is 0 Å². The van der Waals surface area contributed by atoms with Gasteiger partial charge in [0.05, 0.1) is 17.1 Å². The maximum atomic E-state index is 6.18. The zero-order chi connectivity index (χ0) is 15.5. The summed E-state index contributed by atoms with van der Waals surface area (Å²) in [6.07, 6.45) is 3.81. The molecule has 0 saturated heterocycles. The Morgan fingerprint density at radius 2 is 2.09 bits per heavy atom. The molecule has 1 aromatic heterocycles. The molecule has 0 N–H and O–H groups in total. The minimum Gasteiger partial charge on any atom is -0.419 e. The average Bonchev–Trinajstić information content (AvgIpc) is 3.16. The van der Waals surface area contributed by atoms with Crippen LogP contribution < -0.4 is 0 Å². The van der Waals surface area contributed by atoms with E-state index in [9.17, 15) is 0 Å². The normalized spacial score (nSPS) is 14.7. The largest absolute Gasteiger partial charge is 0.419 e. The van der Waals surface area contributed by atoms with E-state index in [2.05, 4.69) is 22.0 Å². The third-order valence-corrected chi connectivity index (χ3v) is 4.29. The molecule has 22 heavy (non-hydrogen) atoms. The lowest BCUT2D eigenvalue weighted by Gasteiger charge is -2.19. The van der Waals surface area contributed by atoms with Crippen molar-refractivity contribution in [2.45, 2.75) is 32.7 Å². The molecule has 0 atom stereocenters. The highest BCUT2D eigenvalue weighted by Gasteiger charge is 2.25. The number of nitrogens with zero attached hydrogens (tertiary/aromatic N) is 3. The van der Waals surface area contributed by atoms with E-state index in [1.807, 2.05) is 0 Å². The van der Waals surface area contributed by atoms with Gasteiger partial charge in [-0.15, -0.1) is 10.2 Å². The molecule has 0 spiro atoms. The zero-order valence-electron chi connectivity index (χ0n) is 12.6. The number of hydrogen-bond acceptors (Lipinski definition) is 4. The first-order valence-electron chi connectivity index (χ1n) is 7.66. The summed E-state index contributed by atoms with van der Waals surface area (Å²) in [5.74, 6) is 1.93. The van der Waals surface area contributed by atoms with Crippen molar-refractivity contribution >= 4 is 23.2 Å². The fourth-order valence-corrected chi connectivity index (χ4v) is 2.99. The summed E-state index contributed by atoms with van der Waals surface area (Å²) < 4.78 is 5.78. The van der Waals surface area contributed by atoms with Crippen LogP contribution >= 0.6 is 23.2 Å². The Morgan fingerprint density at radius 3 is 2.77 bits per heavy atom. The molecule has 1 fully saturated rings. The van der Waals surface area contributed by atoms with Gasteiger partial charge < -0.3 is 4.42 Å². The highest BCUT2D eigenvalue weighted by Crippen LogP contribution is 2.31. The number of hydrogen-bond donors (Lipinski definition) is 0. The van der Waals surface area contributed by atoms with Crippen molar-refractivity contribution < 1.29 is 4.42 Å². The highest BCUT2D eigenvalue weighted by atomic mass is 35.5.